The fraction of sp³-hybridized carbons (Fsp3) is 0.643. The van der Waals surface area contributed by atoms with Crippen LogP contribution in [0.5, 0.6) is 0 Å². The Morgan fingerprint density at radius 3 is 2.58 bits per heavy atom. The van der Waals surface area contributed by atoms with E-state index in [0.717, 1.165) is 37.2 Å². The zero-order valence-corrected chi connectivity index (χ0v) is 11.9. The van der Waals surface area contributed by atoms with E-state index in [2.05, 4.69) is 15.3 Å². The predicted molar refractivity (Wildman–Crippen MR) is 74.9 cm³/mol. The van der Waals surface area contributed by atoms with E-state index in [-0.39, 0.29) is 5.91 Å². The molecule has 1 aliphatic carbocycles. The van der Waals surface area contributed by atoms with Crippen molar-refractivity contribution in [2.75, 3.05) is 12.4 Å². The minimum absolute atomic E-state index is 0.155. The molecule has 2 rings (SSSR count). The second-order valence-corrected chi connectivity index (χ2v) is 5.32. The van der Waals surface area contributed by atoms with Crippen molar-refractivity contribution in [3.05, 3.63) is 18.1 Å². The van der Waals surface area contributed by atoms with E-state index in [1.165, 1.54) is 0 Å². The van der Waals surface area contributed by atoms with Gasteiger partial charge in [0, 0.05) is 37.8 Å². The first-order chi connectivity index (χ1) is 9.06. The largest absolute Gasteiger partial charge is 0.367 e. The standard InChI is InChI=1S/C14H22N4O/c1-10-8-14(16-9-15-10)17-12-4-6-13(7-5-12)18(3)11(2)19/h8-9,12-13H,4-7H2,1-3H3,(H,15,16,17). The Morgan fingerprint density at radius 2 is 2.00 bits per heavy atom. The Labute approximate surface area is 114 Å². The summed E-state index contributed by atoms with van der Waals surface area (Å²) in [6.07, 6.45) is 5.85. The molecule has 0 atom stereocenters. The van der Waals surface area contributed by atoms with Gasteiger partial charge in [-0.15, -0.1) is 0 Å². The number of nitrogens with one attached hydrogen (secondary N) is 1. The van der Waals surface area contributed by atoms with Crippen molar-refractivity contribution < 1.29 is 4.79 Å². The Balaban J connectivity index is 1.85. The molecular weight excluding hydrogens is 240 g/mol. The normalized spacial score (nSPS) is 22.9. The minimum Gasteiger partial charge on any atom is -0.367 e. The number of aryl methyl sites for hydroxylation is 1. The summed E-state index contributed by atoms with van der Waals surface area (Å²) in [4.78, 5) is 21.5. The van der Waals surface area contributed by atoms with Gasteiger partial charge in [-0.2, -0.15) is 0 Å². The zero-order chi connectivity index (χ0) is 13.8. The van der Waals surface area contributed by atoms with E-state index < -0.39 is 0 Å². The van der Waals surface area contributed by atoms with Crippen LogP contribution in [0.4, 0.5) is 5.82 Å². The minimum atomic E-state index is 0.155. The number of hydrogen-bond acceptors (Lipinski definition) is 4. The quantitative estimate of drug-likeness (QED) is 0.905. The molecule has 1 heterocycles. The first kappa shape index (κ1) is 13.8. The molecule has 1 aliphatic rings. The van der Waals surface area contributed by atoms with Crippen LogP contribution >= 0.6 is 0 Å². The van der Waals surface area contributed by atoms with Crippen LogP contribution in [0, 0.1) is 6.92 Å². The summed E-state index contributed by atoms with van der Waals surface area (Å²) in [5.74, 6) is 1.05. The topological polar surface area (TPSA) is 58.1 Å². The Hall–Kier alpha value is -1.65. The van der Waals surface area contributed by atoms with Gasteiger partial charge in [-0.1, -0.05) is 0 Å². The highest BCUT2D eigenvalue weighted by molar-refractivity contribution is 5.73. The first-order valence-electron chi connectivity index (χ1n) is 6.85. The summed E-state index contributed by atoms with van der Waals surface area (Å²) in [5.41, 5.74) is 0.975. The molecule has 0 saturated heterocycles. The van der Waals surface area contributed by atoms with Crippen LogP contribution in [0.25, 0.3) is 0 Å². The number of aromatic nitrogens is 2. The van der Waals surface area contributed by atoms with Crippen molar-refractivity contribution in [3.63, 3.8) is 0 Å². The van der Waals surface area contributed by atoms with Gasteiger partial charge in [-0.25, -0.2) is 9.97 Å². The average molecular weight is 262 g/mol. The summed E-state index contributed by atoms with van der Waals surface area (Å²) in [5, 5.41) is 3.46. The second kappa shape index (κ2) is 5.99. The molecule has 0 aromatic carbocycles. The third-order valence-corrected chi connectivity index (χ3v) is 3.90. The van der Waals surface area contributed by atoms with Crippen LogP contribution < -0.4 is 5.32 Å². The van der Waals surface area contributed by atoms with Crippen molar-refractivity contribution in [2.45, 2.75) is 51.6 Å². The van der Waals surface area contributed by atoms with Crippen molar-refractivity contribution in [1.82, 2.24) is 14.9 Å². The van der Waals surface area contributed by atoms with E-state index in [4.69, 9.17) is 0 Å². The van der Waals surface area contributed by atoms with Crippen molar-refractivity contribution >= 4 is 11.7 Å². The van der Waals surface area contributed by atoms with E-state index in [1.54, 1.807) is 13.3 Å². The van der Waals surface area contributed by atoms with Crippen LogP contribution in [-0.4, -0.2) is 39.9 Å². The van der Waals surface area contributed by atoms with Gasteiger partial charge in [0.15, 0.2) is 0 Å². The number of hydrogen-bond donors (Lipinski definition) is 1. The molecule has 5 heteroatoms. The maximum absolute atomic E-state index is 11.3. The molecule has 0 radical (unpaired) electrons. The van der Waals surface area contributed by atoms with Crippen LogP contribution in [0.1, 0.15) is 38.3 Å². The summed E-state index contributed by atoms with van der Waals surface area (Å²) < 4.78 is 0. The Bertz CT molecular complexity index is 441. The number of nitrogens with zero attached hydrogens (tertiary/aromatic N) is 3. The number of rotatable bonds is 3. The predicted octanol–water partition coefficient (Wildman–Crippen LogP) is 1.99. The van der Waals surface area contributed by atoms with Gasteiger partial charge in [0.2, 0.25) is 5.91 Å². The first-order valence-corrected chi connectivity index (χ1v) is 6.85. The van der Waals surface area contributed by atoms with Crippen molar-refractivity contribution in [3.8, 4) is 0 Å². The van der Waals surface area contributed by atoms with Gasteiger partial charge in [0.05, 0.1) is 0 Å². The summed E-state index contributed by atoms with van der Waals surface area (Å²) in [6.45, 7) is 3.60. The highest BCUT2D eigenvalue weighted by atomic mass is 16.2. The lowest BCUT2D eigenvalue weighted by Gasteiger charge is -2.34. The van der Waals surface area contributed by atoms with Gasteiger partial charge in [0.25, 0.3) is 0 Å². The molecule has 1 amide bonds. The van der Waals surface area contributed by atoms with Gasteiger partial charge in [-0.05, 0) is 32.6 Å². The highest BCUT2D eigenvalue weighted by Gasteiger charge is 2.25. The molecule has 0 unspecified atom stereocenters. The van der Waals surface area contributed by atoms with Gasteiger partial charge in [0.1, 0.15) is 12.1 Å². The molecule has 1 N–H and O–H groups in total. The SMILES string of the molecule is CC(=O)N(C)C1CCC(Nc2cc(C)ncn2)CC1. The number of anilines is 1. The smallest absolute Gasteiger partial charge is 0.219 e. The molecule has 5 nitrogen and oxygen atoms in total. The third kappa shape index (κ3) is 3.66. The van der Waals surface area contributed by atoms with E-state index in [1.807, 2.05) is 24.9 Å². The van der Waals surface area contributed by atoms with E-state index >= 15 is 0 Å². The fourth-order valence-electron chi connectivity index (χ4n) is 2.61. The summed E-state index contributed by atoms with van der Waals surface area (Å²) >= 11 is 0. The van der Waals surface area contributed by atoms with Crippen LogP contribution in [0.2, 0.25) is 0 Å². The molecule has 1 fully saturated rings. The van der Waals surface area contributed by atoms with E-state index in [9.17, 15) is 4.79 Å². The second-order valence-electron chi connectivity index (χ2n) is 5.32. The number of amides is 1. The van der Waals surface area contributed by atoms with Gasteiger partial charge in [-0.3, -0.25) is 4.79 Å². The molecular formula is C14H22N4O. The third-order valence-electron chi connectivity index (χ3n) is 3.90. The molecule has 104 valence electrons. The van der Waals surface area contributed by atoms with Crippen LogP contribution in [0.3, 0.4) is 0 Å². The molecule has 1 saturated carbocycles. The Morgan fingerprint density at radius 1 is 1.32 bits per heavy atom. The molecule has 1 aromatic heterocycles. The molecule has 1 aromatic rings. The molecule has 0 bridgehead atoms. The maximum atomic E-state index is 11.3. The lowest BCUT2D eigenvalue weighted by Crippen LogP contribution is -2.40. The highest BCUT2D eigenvalue weighted by Crippen LogP contribution is 2.24. The average Bonchev–Trinajstić information content (AvgIpc) is 2.39. The van der Waals surface area contributed by atoms with Crippen molar-refractivity contribution in [1.29, 1.82) is 0 Å². The molecule has 0 spiro atoms. The van der Waals surface area contributed by atoms with Crippen LogP contribution in [0.15, 0.2) is 12.4 Å². The van der Waals surface area contributed by atoms with Gasteiger partial charge < -0.3 is 10.2 Å². The maximum Gasteiger partial charge on any atom is 0.219 e. The summed E-state index contributed by atoms with van der Waals surface area (Å²) in [7, 11) is 1.90. The lowest BCUT2D eigenvalue weighted by atomic mass is 9.90. The Kier molecular flexibility index (Phi) is 4.35. The number of carbonyl (C=O) groups excluding carboxylic acids is 1. The molecule has 19 heavy (non-hydrogen) atoms. The molecule has 0 aliphatic heterocycles. The van der Waals surface area contributed by atoms with Gasteiger partial charge >= 0.3 is 0 Å². The van der Waals surface area contributed by atoms with E-state index in [0.29, 0.717) is 12.1 Å². The fourth-order valence-corrected chi connectivity index (χ4v) is 2.61. The monoisotopic (exact) mass is 262 g/mol. The van der Waals surface area contributed by atoms with Crippen LogP contribution in [-0.2, 0) is 4.79 Å². The lowest BCUT2D eigenvalue weighted by molar-refractivity contribution is -0.130. The number of carbonyl (C=O) groups is 1. The van der Waals surface area contributed by atoms with Crippen molar-refractivity contribution in [2.24, 2.45) is 0 Å². The zero-order valence-electron chi connectivity index (χ0n) is 11.9. The summed E-state index contributed by atoms with van der Waals surface area (Å²) in [6, 6.07) is 2.81.